The fourth-order valence-electron chi connectivity index (χ4n) is 3.12. The first-order chi connectivity index (χ1) is 11.7. The van der Waals surface area contributed by atoms with Gasteiger partial charge in [-0.05, 0) is 56.1 Å². The smallest absolute Gasteiger partial charge is 0.389 e. The Morgan fingerprint density at radius 1 is 0.960 bits per heavy atom. The molecule has 4 rings (SSSR count). The Morgan fingerprint density at radius 3 is 2.40 bits per heavy atom. The maximum absolute atomic E-state index is 15.1. The number of rotatable bonds is 1. The average molecular weight is 541 g/mol. The minimum atomic E-state index is -4.20. The lowest BCUT2D eigenvalue weighted by molar-refractivity contribution is -0.358. The van der Waals surface area contributed by atoms with E-state index in [2.05, 4.69) is 47.8 Å². The molecule has 10 heteroatoms. The first-order valence-corrected chi connectivity index (χ1v) is 9.40. The van der Waals surface area contributed by atoms with Crippen LogP contribution < -0.4 is 0 Å². The predicted molar refractivity (Wildman–Crippen MR) is 98.9 cm³/mol. The van der Waals surface area contributed by atoms with Crippen molar-refractivity contribution in [2.45, 2.75) is 0 Å². The Bertz CT molecular complexity index is 1040. The highest BCUT2D eigenvalue weighted by Gasteiger charge is 2.54. The lowest BCUT2D eigenvalue weighted by atomic mass is 9.86. The number of allylic oxidation sites excluding steroid dienone is 2. The van der Waals surface area contributed by atoms with E-state index in [4.69, 9.17) is 0 Å². The molecule has 2 aliphatic heterocycles. The Morgan fingerprint density at radius 2 is 1.68 bits per heavy atom. The zero-order valence-corrected chi connectivity index (χ0v) is 16.8. The SMILES string of the molecule is Fc1cc(C2=C3C=CC(Br)=[N+]3[B-](F)(F)n3c(Br)ccc32)c(F)cc1Br. The van der Waals surface area contributed by atoms with Gasteiger partial charge in [0.1, 0.15) is 11.6 Å². The normalized spacial score (nSPS) is 18.0. The number of fused-ring (bicyclic) bond motifs is 2. The molecule has 0 radical (unpaired) electrons. The highest BCUT2D eigenvalue weighted by Crippen LogP contribution is 2.43. The fourth-order valence-corrected chi connectivity index (χ4v) is 4.58. The molecular weight excluding hydrogens is 535 g/mol. The largest absolute Gasteiger partial charge is 0.738 e. The van der Waals surface area contributed by atoms with E-state index in [0.717, 1.165) is 21.1 Å². The topological polar surface area (TPSA) is 7.94 Å². The molecule has 1 aromatic carbocycles. The Kier molecular flexibility index (Phi) is 3.93. The maximum atomic E-state index is 15.1. The third kappa shape index (κ3) is 2.37. The number of nitrogens with zero attached hydrogens (tertiary/aromatic N) is 2. The van der Waals surface area contributed by atoms with Crippen molar-refractivity contribution in [3.63, 3.8) is 0 Å². The molecule has 0 saturated heterocycles. The van der Waals surface area contributed by atoms with Gasteiger partial charge in [0, 0.05) is 39.3 Å². The molecule has 0 bridgehead atoms. The van der Waals surface area contributed by atoms with E-state index in [0.29, 0.717) is 0 Å². The summed E-state index contributed by atoms with van der Waals surface area (Å²) in [7, 11) is 0. The lowest BCUT2D eigenvalue weighted by Gasteiger charge is -2.32. The number of halogens is 7. The summed E-state index contributed by atoms with van der Waals surface area (Å²) in [6.07, 6.45) is 2.91. The van der Waals surface area contributed by atoms with Gasteiger partial charge >= 0.3 is 6.97 Å². The first-order valence-electron chi connectivity index (χ1n) is 7.02. The molecule has 2 aliphatic rings. The van der Waals surface area contributed by atoms with Crippen molar-refractivity contribution in [2.24, 2.45) is 0 Å². The van der Waals surface area contributed by atoms with Crippen LogP contribution in [-0.4, -0.2) is 20.6 Å². The summed E-state index contributed by atoms with van der Waals surface area (Å²) < 4.78 is 60.6. The predicted octanol–water partition coefficient (Wildman–Crippen LogP) is 5.66. The Balaban J connectivity index is 2.13. The van der Waals surface area contributed by atoms with E-state index in [9.17, 15) is 8.78 Å². The molecule has 0 N–H and O–H groups in total. The molecule has 25 heavy (non-hydrogen) atoms. The van der Waals surface area contributed by atoms with Crippen molar-refractivity contribution < 1.29 is 21.9 Å². The molecule has 0 saturated carbocycles. The van der Waals surface area contributed by atoms with Gasteiger partial charge in [-0.3, -0.25) is 0 Å². The molecule has 0 unspecified atom stereocenters. The minimum Gasteiger partial charge on any atom is -0.389 e. The Labute approximate surface area is 165 Å². The molecule has 0 aliphatic carbocycles. The minimum absolute atomic E-state index is 0.0344. The number of hydrogen-bond donors (Lipinski definition) is 0. The molecule has 0 amide bonds. The van der Waals surface area contributed by atoms with Crippen LogP contribution in [0.4, 0.5) is 17.4 Å². The summed E-state index contributed by atoms with van der Waals surface area (Å²) in [5.41, 5.74) is 0.310. The van der Waals surface area contributed by atoms with Crippen molar-refractivity contribution in [2.75, 3.05) is 0 Å². The van der Waals surface area contributed by atoms with Gasteiger partial charge in [-0.25, -0.2) is 8.78 Å². The summed E-state index contributed by atoms with van der Waals surface area (Å²) in [4.78, 5) is 0. The van der Waals surface area contributed by atoms with Crippen molar-refractivity contribution in [1.29, 1.82) is 0 Å². The van der Waals surface area contributed by atoms with E-state index >= 15 is 8.63 Å². The summed E-state index contributed by atoms with van der Waals surface area (Å²) >= 11 is 9.16. The van der Waals surface area contributed by atoms with Crippen LogP contribution in [-0.2, 0) is 0 Å². The maximum Gasteiger partial charge on any atom is 0.738 e. The van der Waals surface area contributed by atoms with Gasteiger partial charge in [0.2, 0.25) is 4.62 Å². The summed E-state index contributed by atoms with van der Waals surface area (Å²) in [6.45, 7) is -4.20. The molecule has 0 fully saturated rings. The molecule has 1 aromatic heterocycles. The van der Waals surface area contributed by atoms with Gasteiger partial charge in [0.25, 0.3) is 0 Å². The highest BCUT2D eigenvalue weighted by atomic mass is 79.9. The van der Waals surface area contributed by atoms with Crippen LogP contribution in [0.2, 0.25) is 0 Å². The second-order valence-corrected chi connectivity index (χ2v) is 8.01. The quantitative estimate of drug-likeness (QED) is 0.251. The third-order valence-corrected chi connectivity index (χ3v) is 6.05. The van der Waals surface area contributed by atoms with Gasteiger partial charge in [0.15, 0.2) is 5.70 Å². The van der Waals surface area contributed by atoms with Gasteiger partial charge in [0.05, 0.1) is 14.6 Å². The van der Waals surface area contributed by atoms with Crippen LogP contribution in [0.1, 0.15) is 11.3 Å². The van der Waals surface area contributed by atoms with Crippen molar-refractivity contribution in [3.05, 3.63) is 74.1 Å². The van der Waals surface area contributed by atoms with Crippen LogP contribution in [0.25, 0.3) is 5.57 Å². The van der Waals surface area contributed by atoms with Gasteiger partial charge in [-0.1, -0.05) is 0 Å². The lowest BCUT2D eigenvalue weighted by Crippen LogP contribution is -2.50. The summed E-state index contributed by atoms with van der Waals surface area (Å²) in [5.74, 6) is -1.39. The van der Waals surface area contributed by atoms with E-state index in [-0.39, 0.29) is 36.2 Å². The number of aromatic nitrogens is 1. The van der Waals surface area contributed by atoms with Gasteiger partial charge < -0.3 is 17.6 Å². The van der Waals surface area contributed by atoms with E-state index in [1.54, 1.807) is 0 Å². The third-order valence-electron chi connectivity index (χ3n) is 4.15. The van der Waals surface area contributed by atoms with E-state index < -0.39 is 18.6 Å². The molecule has 2 nitrogen and oxygen atoms in total. The van der Waals surface area contributed by atoms with Crippen molar-refractivity contribution >= 4 is 65.0 Å². The van der Waals surface area contributed by atoms with Crippen LogP contribution in [0.15, 0.2) is 51.2 Å². The van der Waals surface area contributed by atoms with Crippen molar-refractivity contribution in [3.8, 4) is 0 Å². The molecule has 128 valence electrons. The van der Waals surface area contributed by atoms with Crippen molar-refractivity contribution in [1.82, 2.24) is 4.48 Å². The molecule has 0 spiro atoms. The van der Waals surface area contributed by atoms with E-state index in [1.807, 2.05) is 0 Å². The van der Waals surface area contributed by atoms with Crippen LogP contribution in [0, 0.1) is 11.6 Å². The standard InChI is InChI=1S/C15H6BBr3F4N2/c17-8-6-9(20)7(5-10(8)21)15-11-1-3-13(18)24(11)16(22,23)25-12(15)2-4-14(25)19/h1-6H. The molecule has 3 heterocycles. The van der Waals surface area contributed by atoms with Gasteiger partial charge in [-0.2, -0.15) is 0 Å². The van der Waals surface area contributed by atoms with E-state index in [1.165, 1.54) is 24.3 Å². The number of hydrogen-bond acceptors (Lipinski definition) is 0. The summed E-state index contributed by atoms with van der Waals surface area (Å²) in [6, 6.07) is 4.90. The van der Waals surface area contributed by atoms with Crippen LogP contribution in [0.3, 0.4) is 0 Å². The average Bonchev–Trinajstić information content (AvgIpc) is 3.09. The molecular formula is C15H6BBr3F4N2. The second-order valence-electron chi connectivity index (χ2n) is 5.53. The monoisotopic (exact) mass is 538 g/mol. The highest BCUT2D eigenvalue weighted by molar-refractivity contribution is 9.18. The first kappa shape index (κ1) is 17.3. The number of benzene rings is 1. The van der Waals surface area contributed by atoms with Crippen LogP contribution in [0.5, 0.6) is 0 Å². The Hall–Kier alpha value is -1.13. The zero-order chi connectivity index (χ0) is 18.1. The van der Waals surface area contributed by atoms with Crippen LogP contribution >= 0.6 is 47.8 Å². The zero-order valence-electron chi connectivity index (χ0n) is 12.1. The second kappa shape index (κ2) is 5.69. The molecule has 2 aromatic rings. The summed E-state index contributed by atoms with van der Waals surface area (Å²) in [5, 5.41) is 0. The van der Waals surface area contributed by atoms with Gasteiger partial charge in [-0.15, -0.1) is 0 Å². The fraction of sp³-hybridized carbons (Fsp3) is 0. The molecule has 0 atom stereocenters.